The maximum Gasteiger partial charge on any atom is 0.164 e. The topological polar surface area (TPSA) is 101 Å². The number of aromatic nitrogens is 6. The molecule has 68 heavy (non-hydrogen) atoms. The lowest BCUT2D eigenvalue weighted by molar-refractivity contribution is 1.07. The first kappa shape index (κ1) is 41.2. The van der Waals surface area contributed by atoms with Crippen molar-refractivity contribution < 1.29 is 0 Å². The Balaban J connectivity index is 0.982. The third kappa shape index (κ3) is 8.57. The van der Waals surface area contributed by atoms with E-state index in [0.29, 0.717) is 40.5 Å². The van der Waals surface area contributed by atoms with Crippen molar-refractivity contribution in [2.75, 3.05) is 0 Å². The van der Waals surface area contributed by atoms with Crippen LogP contribution < -0.4 is 0 Å². The zero-order valence-corrected chi connectivity index (χ0v) is 36.6. The van der Waals surface area contributed by atoms with E-state index in [-0.39, 0.29) is 0 Å². The van der Waals surface area contributed by atoms with Gasteiger partial charge in [0.05, 0.1) is 11.6 Å². The van der Waals surface area contributed by atoms with Crippen molar-refractivity contribution in [2.45, 2.75) is 0 Å². The number of rotatable bonds is 10. The van der Waals surface area contributed by atoms with Gasteiger partial charge in [0, 0.05) is 33.4 Å². The molecule has 0 fully saturated rings. The summed E-state index contributed by atoms with van der Waals surface area (Å²) in [4.78, 5) is 30.2. The molecule has 0 unspecified atom stereocenters. The summed E-state index contributed by atoms with van der Waals surface area (Å²) < 4.78 is 0. The fourth-order valence-electron chi connectivity index (χ4n) is 8.49. The van der Waals surface area contributed by atoms with Crippen LogP contribution in [0.15, 0.2) is 237 Å². The van der Waals surface area contributed by atoms with Gasteiger partial charge < -0.3 is 0 Å². The summed E-state index contributed by atoms with van der Waals surface area (Å²) in [6.07, 6.45) is 0. The van der Waals surface area contributed by atoms with Gasteiger partial charge in [-0.15, -0.1) is 0 Å². The Hall–Kier alpha value is -9.51. The van der Waals surface area contributed by atoms with Crippen molar-refractivity contribution in [3.05, 3.63) is 242 Å². The molecule has 0 N–H and O–H groups in total. The van der Waals surface area contributed by atoms with E-state index in [0.717, 1.165) is 77.9 Å². The SMILES string of the molecule is N#Cc1cccc(-c2cccc(-c3nc(-c4ccccc4)nc(-c4cccc(-c5ccccc5-c5ccccc5-c5cccc(-c6nc(-c7ccccc7)nc(-c7ccccc7)n6)c5)c4)n3)c2)c1. The molecule has 0 atom stereocenters. The molecule has 0 aliphatic heterocycles. The molecular weight excluding hydrogens is 831 g/mol. The van der Waals surface area contributed by atoms with Crippen LogP contribution >= 0.6 is 0 Å². The minimum absolute atomic E-state index is 0.554. The van der Waals surface area contributed by atoms with Crippen LogP contribution in [0.1, 0.15) is 5.56 Å². The van der Waals surface area contributed by atoms with Crippen molar-refractivity contribution in [2.24, 2.45) is 0 Å². The van der Waals surface area contributed by atoms with Crippen molar-refractivity contribution in [1.29, 1.82) is 5.26 Å². The van der Waals surface area contributed by atoms with Crippen LogP contribution in [-0.4, -0.2) is 29.9 Å². The van der Waals surface area contributed by atoms with Crippen molar-refractivity contribution in [3.63, 3.8) is 0 Å². The van der Waals surface area contributed by atoms with Crippen LogP contribution in [0, 0.1) is 11.3 Å². The molecule has 2 aromatic heterocycles. The average molecular weight is 870 g/mol. The fourth-order valence-corrected chi connectivity index (χ4v) is 8.49. The normalized spacial score (nSPS) is 10.9. The highest BCUT2D eigenvalue weighted by atomic mass is 15.0. The molecule has 0 saturated heterocycles. The molecule has 2 heterocycles. The quantitative estimate of drug-likeness (QED) is 0.135. The van der Waals surface area contributed by atoms with E-state index in [2.05, 4.69) is 109 Å². The second-order valence-electron chi connectivity index (χ2n) is 16.2. The number of nitriles is 1. The van der Waals surface area contributed by atoms with E-state index in [1.54, 1.807) is 0 Å². The maximum absolute atomic E-state index is 9.58. The molecule has 7 nitrogen and oxygen atoms in total. The molecule has 0 bridgehead atoms. The van der Waals surface area contributed by atoms with Gasteiger partial charge in [-0.2, -0.15) is 5.26 Å². The predicted octanol–water partition coefficient (Wildman–Crippen LogP) is 14.6. The third-order valence-corrected chi connectivity index (χ3v) is 11.8. The van der Waals surface area contributed by atoms with Gasteiger partial charge in [0.2, 0.25) is 0 Å². The third-order valence-electron chi connectivity index (χ3n) is 11.8. The molecule has 0 saturated carbocycles. The van der Waals surface area contributed by atoms with Crippen molar-refractivity contribution >= 4 is 0 Å². The van der Waals surface area contributed by atoms with E-state index in [4.69, 9.17) is 29.9 Å². The van der Waals surface area contributed by atoms with Crippen LogP contribution in [0.5, 0.6) is 0 Å². The second-order valence-corrected chi connectivity index (χ2v) is 16.2. The first-order valence-corrected chi connectivity index (χ1v) is 22.3. The molecule has 0 spiro atoms. The first-order valence-electron chi connectivity index (χ1n) is 22.3. The minimum atomic E-state index is 0.554. The Morgan fingerprint density at radius 2 is 0.485 bits per heavy atom. The highest BCUT2D eigenvalue weighted by Crippen LogP contribution is 2.40. The standard InChI is InChI=1S/C61H39N7/c62-40-41-18-14-25-45(36-41)46-26-15-29-49(37-46)59-66-58(44-23-8-3-9-24-44)67-61(68-59)51-31-17-28-48(39-51)53-33-11-13-35-55(53)54-34-12-10-32-52(54)47-27-16-30-50(38-47)60-64-56(42-19-4-1-5-20-42)63-57(65-60)43-21-6-2-7-22-43/h1-39H. The monoisotopic (exact) mass is 869 g/mol. The van der Waals surface area contributed by atoms with Crippen molar-refractivity contribution in [3.8, 4) is 119 Å². The van der Waals surface area contributed by atoms with E-state index >= 15 is 0 Å². The Morgan fingerprint density at radius 3 is 0.868 bits per heavy atom. The molecule has 0 aliphatic rings. The zero-order chi connectivity index (χ0) is 45.7. The lowest BCUT2D eigenvalue weighted by Crippen LogP contribution is -2.00. The van der Waals surface area contributed by atoms with Gasteiger partial charge in [-0.3, -0.25) is 0 Å². The van der Waals surface area contributed by atoms with Gasteiger partial charge in [-0.05, 0) is 74.8 Å². The Kier molecular flexibility index (Phi) is 11.2. The molecule has 11 aromatic rings. The fraction of sp³-hybridized carbons (Fsp3) is 0. The van der Waals surface area contributed by atoms with Crippen LogP contribution in [0.25, 0.3) is 113 Å². The number of hydrogen-bond donors (Lipinski definition) is 0. The van der Waals surface area contributed by atoms with Crippen LogP contribution in [0.4, 0.5) is 0 Å². The molecule has 0 amide bonds. The molecule has 11 rings (SSSR count). The Bertz CT molecular complexity index is 3580. The van der Waals surface area contributed by atoms with Gasteiger partial charge in [0.25, 0.3) is 0 Å². The number of hydrogen-bond acceptors (Lipinski definition) is 7. The molecular formula is C61H39N7. The van der Waals surface area contributed by atoms with E-state index in [1.807, 2.05) is 133 Å². The van der Waals surface area contributed by atoms with E-state index in [1.165, 1.54) is 0 Å². The van der Waals surface area contributed by atoms with E-state index in [9.17, 15) is 5.26 Å². The summed E-state index contributed by atoms with van der Waals surface area (Å²) in [5.41, 5.74) is 14.2. The zero-order valence-electron chi connectivity index (χ0n) is 36.6. The highest BCUT2D eigenvalue weighted by molar-refractivity contribution is 5.93. The molecule has 9 aromatic carbocycles. The Labute approximate surface area is 394 Å². The summed E-state index contributed by atoms with van der Waals surface area (Å²) in [5, 5.41) is 9.58. The van der Waals surface area contributed by atoms with Crippen LogP contribution in [-0.2, 0) is 0 Å². The number of nitrogens with zero attached hydrogens (tertiary/aromatic N) is 7. The molecule has 7 heteroatoms. The minimum Gasteiger partial charge on any atom is -0.208 e. The van der Waals surface area contributed by atoms with Gasteiger partial charge in [0.15, 0.2) is 34.9 Å². The number of benzene rings is 9. The predicted molar refractivity (Wildman–Crippen MR) is 272 cm³/mol. The van der Waals surface area contributed by atoms with Gasteiger partial charge in [-0.25, -0.2) is 29.9 Å². The van der Waals surface area contributed by atoms with Crippen LogP contribution in [0.3, 0.4) is 0 Å². The van der Waals surface area contributed by atoms with Gasteiger partial charge in [0.1, 0.15) is 0 Å². The summed E-state index contributed by atoms with van der Waals surface area (Å²) in [7, 11) is 0. The smallest absolute Gasteiger partial charge is 0.164 e. The summed E-state index contributed by atoms with van der Waals surface area (Å²) in [5.74, 6) is 3.53. The molecule has 0 aliphatic carbocycles. The first-order chi connectivity index (χ1) is 33.6. The molecule has 318 valence electrons. The summed E-state index contributed by atoms with van der Waals surface area (Å²) in [6, 6.07) is 82.0. The largest absolute Gasteiger partial charge is 0.208 e. The lowest BCUT2D eigenvalue weighted by atomic mass is 9.88. The molecule has 0 radical (unpaired) electrons. The van der Waals surface area contributed by atoms with Gasteiger partial charge in [-0.1, -0.05) is 206 Å². The Morgan fingerprint density at radius 1 is 0.221 bits per heavy atom. The van der Waals surface area contributed by atoms with E-state index < -0.39 is 0 Å². The second kappa shape index (κ2) is 18.5. The summed E-state index contributed by atoms with van der Waals surface area (Å²) in [6.45, 7) is 0. The lowest BCUT2D eigenvalue weighted by Gasteiger charge is -2.16. The highest BCUT2D eigenvalue weighted by Gasteiger charge is 2.18. The summed E-state index contributed by atoms with van der Waals surface area (Å²) >= 11 is 0. The van der Waals surface area contributed by atoms with Crippen molar-refractivity contribution in [1.82, 2.24) is 29.9 Å². The average Bonchev–Trinajstić information content (AvgIpc) is 3.43. The van der Waals surface area contributed by atoms with Crippen LogP contribution in [0.2, 0.25) is 0 Å². The maximum atomic E-state index is 9.58. The van der Waals surface area contributed by atoms with Gasteiger partial charge >= 0.3 is 0 Å².